The smallest absolute Gasteiger partial charge is 0.335 e. The number of ether oxygens (including phenoxy) is 1. The van der Waals surface area contributed by atoms with Crippen LogP contribution in [0.5, 0.6) is 5.75 Å². The number of hydrogen-bond acceptors (Lipinski definition) is 5. The average molecular weight is 434 g/mol. The molecule has 0 aliphatic heterocycles. The molecule has 0 unspecified atom stereocenters. The topological polar surface area (TPSA) is 75.6 Å². The largest absolute Gasteiger partial charge is 0.494 e. The van der Waals surface area contributed by atoms with Crippen molar-refractivity contribution >= 4 is 34.4 Å². The molecule has 0 saturated heterocycles. The van der Waals surface area contributed by atoms with Gasteiger partial charge in [-0.1, -0.05) is 35.9 Å². The van der Waals surface area contributed by atoms with Gasteiger partial charge in [-0.2, -0.15) is 0 Å². The van der Waals surface area contributed by atoms with Crippen LogP contribution in [0.2, 0.25) is 5.02 Å². The molecule has 0 fully saturated rings. The first kappa shape index (κ1) is 20.6. The quantitative estimate of drug-likeness (QED) is 0.454. The van der Waals surface area contributed by atoms with Gasteiger partial charge in [0.05, 0.1) is 12.7 Å². The molecule has 1 N–H and O–H groups in total. The molecule has 0 aliphatic rings. The van der Waals surface area contributed by atoms with Gasteiger partial charge < -0.3 is 14.7 Å². The van der Waals surface area contributed by atoms with Gasteiger partial charge in [-0.05, 0) is 47.0 Å². The third-order valence-electron chi connectivity index (χ3n) is 4.97. The van der Waals surface area contributed by atoms with Gasteiger partial charge in [0, 0.05) is 36.3 Å². The zero-order valence-corrected chi connectivity index (χ0v) is 18.0. The summed E-state index contributed by atoms with van der Waals surface area (Å²) in [7, 11) is 5.31. The molecule has 0 saturated carbocycles. The Morgan fingerprint density at radius 2 is 1.74 bits per heavy atom. The zero-order chi connectivity index (χ0) is 22.1. The van der Waals surface area contributed by atoms with Crippen LogP contribution >= 0.6 is 11.6 Å². The first-order chi connectivity index (χ1) is 14.9. The predicted molar refractivity (Wildman–Crippen MR) is 123 cm³/mol. The second-order valence-electron chi connectivity index (χ2n) is 7.23. The molecule has 0 bridgehead atoms. The van der Waals surface area contributed by atoms with E-state index in [-0.39, 0.29) is 5.56 Å². The Hall–Kier alpha value is -3.64. The Labute approximate surface area is 184 Å². The molecule has 1 heterocycles. The summed E-state index contributed by atoms with van der Waals surface area (Å²) in [6, 6.07) is 16.3. The van der Waals surface area contributed by atoms with Crippen LogP contribution < -0.4 is 9.64 Å². The van der Waals surface area contributed by atoms with Crippen molar-refractivity contribution in [2.45, 2.75) is 0 Å². The summed E-state index contributed by atoms with van der Waals surface area (Å²) in [5.41, 5.74) is 4.05. The van der Waals surface area contributed by atoms with Gasteiger partial charge in [-0.3, -0.25) is 0 Å². The molecule has 1 aromatic heterocycles. The van der Waals surface area contributed by atoms with E-state index in [4.69, 9.17) is 21.3 Å². The fourth-order valence-corrected chi connectivity index (χ4v) is 3.70. The van der Waals surface area contributed by atoms with Gasteiger partial charge in [0.25, 0.3) is 0 Å². The molecule has 3 aromatic carbocycles. The zero-order valence-electron chi connectivity index (χ0n) is 17.3. The average Bonchev–Trinajstić information content (AvgIpc) is 2.77. The van der Waals surface area contributed by atoms with Crippen LogP contribution in [0.4, 0.5) is 5.95 Å². The fraction of sp³-hybridized carbons (Fsp3) is 0.125. The SMILES string of the molecule is COc1c(-c2cccc(C(=O)O)c2)cc(-c2cccc(Cl)c2)c2cnc(N(C)C)nc12. The summed E-state index contributed by atoms with van der Waals surface area (Å²) in [6.45, 7) is 0. The minimum Gasteiger partial charge on any atom is -0.494 e. The number of aromatic nitrogens is 2. The van der Waals surface area contributed by atoms with E-state index in [2.05, 4.69) is 4.98 Å². The molecular formula is C24H20ClN3O3. The van der Waals surface area contributed by atoms with E-state index in [9.17, 15) is 9.90 Å². The molecule has 0 aliphatic carbocycles. The van der Waals surface area contributed by atoms with Gasteiger partial charge in [-0.15, -0.1) is 0 Å². The minimum absolute atomic E-state index is 0.195. The van der Waals surface area contributed by atoms with Gasteiger partial charge in [0.15, 0.2) is 5.75 Å². The third kappa shape index (κ3) is 3.90. The lowest BCUT2D eigenvalue weighted by Gasteiger charge is -2.18. The van der Waals surface area contributed by atoms with Gasteiger partial charge in [0.2, 0.25) is 5.95 Å². The predicted octanol–water partition coefficient (Wildman–Crippen LogP) is 5.39. The van der Waals surface area contributed by atoms with Crippen molar-refractivity contribution < 1.29 is 14.6 Å². The van der Waals surface area contributed by atoms with Crippen LogP contribution in [0.15, 0.2) is 60.8 Å². The van der Waals surface area contributed by atoms with E-state index < -0.39 is 5.97 Å². The van der Waals surface area contributed by atoms with Crippen molar-refractivity contribution in [3.63, 3.8) is 0 Å². The maximum atomic E-state index is 11.5. The van der Waals surface area contributed by atoms with Gasteiger partial charge >= 0.3 is 5.97 Å². The number of rotatable bonds is 5. The maximum absolute atomic E-state index is 11.5. The Morgan fingerprint density at radius 1 is 1.03 bits per heavy atom. The molecule has 0 spiro atoms. The van der Waals surface area contributed by atoms with E-state index in [1.807, 2.05) is 55.4 Å². The first-order valence-electron chi connectivity index (χ1n) is 9.53. The lowest BCUT2D eigenvalue weighted by atomic mass is 9.94. The van der Waals surface area contributed by atoms with Crippen LogP contribution in [0.25, 0.3) is 33.2 Å². The number of anilines is 1. The number of carboxylic acids is 1. The summed E-state index contributed by atoms with van der Waals surface area (Å²) in [6.07, 6.45) is 1.77. The molecule has 7 heteroatoms. The second-order valence-corrected chi connectivity index (χ2v) is 7.66. The summed E-state index contributed by atoms with van der Waals surface area (Å²) < 4.78 is 5.78. The summed E-state index contributed by atoms with van der Waals surface area (Å²) in [5.74, 6) is 0.0991. The van der Waals surface area contributed by atoms with E-state index in [0.29, 0.717) is 27.8 Å². The molecule has 0 radical (unpaired) electrons. The molecule has 4 rings (SSSR count). The molecular weight excluding hydrogens is 414 g/mol. The van der Waals surface area contributed by atoms with Crippen molar-refractivity contribution in [3.8, 4) is 28.0 Å². The van der Waals surface area contributed by atoms with Crippen LogP contribution in [0.1, 0.15) is 10.4 Å². The lowest BCUT2D eigenvalue weighted by molar-refractivity contribution is 0.0697. The Balaban J connectivity index is 2.10. The number of hydrogen-bond donors (Lipinski definition) is 1. The number of fused-ring (bicyclic) bond motifs is 1. The number of halogens is 1. The number of benzene rings is 3. The summed E-state index contributed by atoms with van der Waals surface area (Å²) in [5, 5.41) is 10.9. The van der Waals surface area contributed by atoms with Crippen molar-refractivity contribution in [1.82, 2.24) is 9.97 Å². The maximum Gasteiger partial charge on any atom is 0.335 e. The van der Waals surface area contributed by atoms with Gasteiger partial charge in [0.1, 0.15) is 5.52 Å². The number of methoxy groups -OCH3 is 1. The lowest BCUT2D eigenvalue weighted by Crippen LogP contribution is -2.12. The molecule has 6 nitrogen and oxygen atoms in total. The number of nitrogens with zero attached hydrogens (tertiary/aromatic N) is 3. The standard InChI is InChI=1S/C24H20ClN3O3/c1-28(2)24-26-13-20-18(15-7-5-9-17(25)11-15)12-19(22(31-3)21(20)27-24)14-6-4-8-16(10-14)23(29)30/h4-13H,1-3H3,(H,29,30). The number of carbonyl (C=O) groups is 1. The highest BCUT2D eigenvalue weighted by Gasteiger charge is 2.19. The van der Waals surface area contributed by atoms with E-state index in [1.54, 1.807) is 31.5 Å². The van der Waals surface area contributed by atoms with E-state index in [1.165, 1.54) is 0 Å². The van der Waals surface area contributed by atoms with Crippen LogP contribution in [-0.2, 0) is 0 Å². The molecule has 0 atom stereocenters. The molecule has 4 aromatic rings. The van der Waals surface area contributed by atoms with Crippen LogP contribution in [-0.4, -0.2) is 42.2 Å². The number of aromatic carboxylic acids is 1. The highest BCUT2D eigenvalue weighted by molar-refractivity contribution is 6.31. The highest BCUT2D eigenvalue weighted by Crippen LogP contribution is 2.42. The second kappa shape index (κ2) is 8.24. The van der Waals surface area contributed by atoms with Crippen LogP contribution in [0, 0.1) is 0 Å². The van der Waals surface area contributed by atoms with Gasteiger partial charge in [-0.25, -0.2) is 14.8 Å². The van der Waals surface area contributed by atoms with Crippen LogP contribution in [0.3, 0.4) is 0 Å². The van der Waals surface area contributed by atoms with Crippen molar-refractivity contribution in [1.29, 1.82) is 0 Å². The fourth-order valence-electron chi connectivity index (χ4n) is 3.51. The minimum atomic E-state index is -0.992. The third-order valence-corrected chi connectivity index (χ3v) is 5.21. The highest BCUT2D eigenvalue weighted by atomic mass is 35.5. The molecule has 0 amide bonds. The van der Waals surface area contributed by atoms with Crippen molar-refractivity contribution in [2.75, 3.05) is 26.1 Å². The summed E-state index contributed by atoms with van der Waals surface area (Å²) >= 11 is 6.26. The summed E-state index contributed by atoms with van der Waals surface area (Å²) in [4.78, 5) is 22.6. The van der Waals surface area contributed by atoms with Crippen molar-refractivity contribution in [3.05, 3.63) is 71.4 Å². The monoisotopic (exact) mass is 433 g/mol. The molecule has 31 heavy (non-hydrogen) atoms. The number of carboxylic acid groups (broad SMARTS) is 1. The van der Waals surface area contributed by atoms with E-state index >= 15 is 0 Å². The Kier molecular flexibility index (Phi) is 5.48. The van der Waals surface area contributed by atoms with Crippen molar-refractivity contribution in [2.24, 2.45) is 0 Å². The van der Waals surface area contributed by atoms with E-state index in [0.717, 1.165) is 22.1 Å². The molecule has 156 valence electrons. The Bertz CT molecular complexity index is 1300. The first-order valence-corrected chi connectivity index (χ1v) is 9.91. The Morgan fingerprint density at radius 3 is 2.39 bits per heavy atom. The normalized spacial score (nSPS) is 10.8.